The molecule has 0 amide bonds. The lowest BCUT2D eigenvalue weighted by Gasteiger charge is -2.37. The van der Waals surface area contributed by atoms with E-state index in [4.69, 9.17) is 4.42 Å². The number of aromatic nitrogens is 4. The minimum absolute atomic E-state index is 0.311. The zero-order valence-corrected chi connectivity index (χ0v) is 12.8. The van der Waals surface area contributed by atoms with Crippen LogP contribution in [0.25, 0.3) is 0 Å². The van der Waals surface area contributed by atoms with Gasteiger partial charge in [-0.2, -0.15) is 0 Å². The first kappa shape index (κ1) is 14.1. The number of nitrogens with zero attached hydrogens (tertiary/aromatic N) is 5. The van der Waals surface area contributed by atoms with Gasteiger partial charge in [0, 0.05) is 37.5 Å². The second-order valence-corrected chi connectivity index (χ2v) is 5.76. The second-order valence-electron chi connectivity index (χ2n) is 5.76. The summed E-state index contributed by atoms with van der Waals surface area (Å²) in [5, 5.41) is 8.16. The smallest absolute Gasteiger partial charge is 0.221 e. The van der Waals surface area contributed by atoms with Gasteiger partial charge >= 0.3 is 0 Å². The fourth-order valence-electron chi connectivity index (χ4n) is 2.96. The molecule has 0 spiro atoms. The Kier molecular flexibility index (Phi) is 3.96. The van der Waals surface area contributed by atoms with Gasteiger partial charge < -0.3 is 4.42 Å². The first-order chi connectivity index (χ1) is 10.1. The summed E-state index contributed by atoms with van der Waals surface area (Å²) in [4.78, 5) is 11.0. The minimum Gasteiger partial charge on any atom is -0.425 e. The Bertz CT molecular complexity index is 594. The number of likely N-dealkylation sites (tertiary alicyclic amines) is 1. The molecule has 0 aliphatic carbocycles. The minimum atomic E-state index is 0.311. The maximum absolute atomic E-state index is 5.63. The van der Waals surface area contributed by atoms with Crippen molar-refractivity contribution in [3.8, 4) is 0 Å². The average Bonchev–Trinajstić information content (AvgIpc) is 2.90. The van der Waals surface area contributed by atoms with E-state index in [1.807, 2.05) is 26.2 Å². The fraction of sp³-hybridized carbons (Fsp3) is 0.600. The predicted molar refractivity (Wildman–Crippen MR) is 77.7 cm³/mol. The van der Waals surface area contributed by atoms with E-state index in [0.717, 1.165) is 43.2 Å². The van der Waals surface area contributed by atoms with Gasteiger partial charge in [-0.05, 0) is 33.2 Å². The highest BCUT2D eigenvalue weighted by molar-refractivity contribution is 5.07. The molecule has 2 aromatic heterocycles. The summed E-state index contributed by atoms with van der Waals surface area (Å²) in [5.41, 5.74) is 1.15. The van der Waals surface area contributed by atoms with E-state index in [0.29, 0.717) is 17.9 Å². The van der Waals surface area contributed by atoms with E-state index in [9.17, 15) is 0 Å². The molecule has 3 heterocycles. The zero-order valence-electron chi connectivity index (χ0n) is 12.8. The fourth-order valence-corrected chi connectivity index (χ4v) is 2.96. The summed E-state index contributed by atoms with van der Waals surface area (Å²) in [6.45, 7) is 7.93. The van der Waals surface area contributed by atoms with E-state index in [2.05, 4.69) is 32.0 Å². The molecule has 0 radical (unpaired) electrons. The summed E-state index contributed by atoms with van der Waals surface area (Å²) in [6, 6.07) is 0.375. The number of piperidine rings is 1. The van der Waals surface area contributed by atoms with Crippen molar-refractivity contribution in [2.45, 2.75) is 52.1 Å². The highest BCUT2D eigenvalue weighted by Gasteiger charge is 2.32. The monoisotopic (exact) mass is 287 g/mol. The van der Waals surface area contributed by atoms with Crippen molar-refractivity contribution < 1.29 is 4.42 Å². The Hall–Kier alpha value is -1.82. The van der Waals surface area contributed by atoms with Crippen LogP contribution in [-0.4, -0.2) is 37.7 Å². The molecule has 1 aliphatic heterocycles. The third kappa shape index (κ3) is 3.10. The van der Waals surface area contributed by atoms with Gasteiger partial charge in [-0.15, -0.1) is 10.2 Å². The normalized spacial score (nSPS) is 23.4. The van der Waals surface area contributed by atoms with Crippen LogP contribution in [0.3, 0.4) is 0 Å². The molecule has 6 nitrogen and oxygen atoms in total. The van der Waals surface area contributed by atoms with Gasteiger partial charge in [0.25, 0.3) is 0 Å². The summed E-state index contributed by atoms with van der Waals surface area (Å²) in [6.07, 6.45) is 6.07. The van der Waals surface area contributed by atoms with Crippen LogP contribution in [0, 0.1) is 13.8 Å². The molecule has 0 saturated carbocycles. The van der Waals surface area contributed by atoms with E-state index >= 15 is 0 Å². The first-order valence-electron chi connectivity index (χ1n) is 7.45. The van der Waals surface area contributed by atoms with Gasteiger partial charge in [0.2, 0.25) is 11.8 Å². The number of hydrogen-bond donors (Lipinski definition) is 0. The molecule has 0 aromatic carbocycles. The van der Waals surface area contributed by atoms with Crippen LogP contribution in [0.15, 0.2) is 16.8 Å². The molecule has 2 atom stereocenters. The quantitative estimate of drug-likeness (QED) is 0.862. The predicted octanol–water partition coefficient (Wildman–Crippen LogP) is 2.24. The Morgan fingerprint density at radius 2 is 2.00 bits per heavy atom. The Labute approximate surface area is 124 Å². The van der Waals surface area contributed by atoms with E-state index in [-0.39, 0.29) is 0 Å². The van der Waals surface area contributed by atoms with Gasteiger partial charge in [-0.25, -0.2) is 9.97 Å². The standard InChI is InChI=1S/C15H21N5O/c1-10-14(15-19-18-12(3)21-15)5-4-6-20(10)9-13-7-16-11(2)17-8-13/h7-8,10,14H,4-6,9H2,1-3H3/t10-,14-/m0/s1. The van der Waals surface area contributed by atoms with Gasteiger partial charge in [-0.1, -0.05) is 0 Å². The van der Waals surface area contributed by atoms with Crippen molar-refractivity contribution in [1.29, 1.82) is 0 Å². The van der Waals surface area contributed by atoms with Gasteiger partial charge in [0.15, 0.2) is 0 Å². The zero-order chi connectivity index (χ0) is 14.8. The lowest BCUT2D eigenvalue weighted by molar-refractivity contribution is 0.118. The number of hydrogen-bond acceptors (Lipinski definition) is 6. The Balaban J connectivity index is 1.72. The van der Waals surface area contributed by atoms with Crippen LogP contribution in [-0.2, 0) is 6.54 Å². The van der Waals surface area contributed by atoms with Crippen molar-refractivity contribution in [3.63, 3.8) is 0 Å². The van der Waals surface area contributed by atoms with Crippen LogP contribution < -0.4 is 0 Å². The van der Waals surface area contributed by atoms with Crippen LogP contribution in [0.2, 0.25) is 0 Å². The van der Waals surface area contributed by atoms with Crippen LogP contribution in [0.5, 0.6) is 0 Å². The van der Waals surface area contributed by atoms with Gasteiger partial charge in [-0.3, -0.25) is 4.90 Å². The van der Waals surface area contributed by atoms with Gasteiger partial charge in [0.05, 0.1) is 5.92 Å². The number of aryl methyl sites for hydroxylation is 2. The number of rotatable bonds is 3. The molecular weight excluding hydrogens is 266 g/mol. The molecule has 6 heteroatoms. The van der Waals surface area contributed by atoms with Crippen molar-refractivity contribution >= 4 is 0 Å². The van der Waals surface area contributed by atoms with Crippen LogP contribution >= 0.6 is 0 Å². The molecule has 0 N–H and O–H groups in total. The van der Waals surface area contributed by atoms with E-state index in [1.165, 1.54) is 0 Å². The van der Waals surface area contributed by atoms with Crippen LogP contribution in [0.1, 0.15) is 48.9 Å². The molecule has 21 heavy (non-hydrogen) atoms. The molecule has 0 bridgehead atoms. The molecule has 1 aliphatic rings. The highest BCUT2D eigenvalue weighted by atomic mass is 16.4. The van der Waals surface area contributed by atoms with Gasteiger partial charge in [0.1, 0.15) is 5.82 Å². The topological polar surface area (TPSA) is 67.9 Å². The third-order valence-corrected chi connectivity index (χ3v) is 4.20. The summed E-state index contributed by atoms with van der Waals surface area (Å²) in [5.74, 6) is 2.53. The average molecular weight is 287 g/mol. The van der Waals surface area contributed by atoms with Crippen molar-refractivity contribution in [3.05, 3.63) is 35.6 Å². The summed E-state index contributed by atoms with van der Waals surface area (Å²) in [7, 11) is 0. The maximum atomic E-state index is 5.63. The molecule has 112 valence electrons. The molecule has 3 rings (SSSR count). The first-order valence-corrected chi connectivity index (χ1v) is 7.45. The van der Waals surface area contributed by atoms with E-state index < -0.39 is 0 Å². The van der Waals surface area contributed by atoms with Crippen molar-refractivity contribution in [2.24, 2.45) is 0 Å². The molecule has 1 saturated heterocycles. The molecule has 2 aromatic rings. The Morgan fingerprint density at radius 1 is 1.24 bits per heavy atom. The molecular formula is C15H21N5O. The van der Waals surface area contributed by atoms with Crippen LogP contribution in [0.4, 0.5) is 0 Å². The largest absolute Gasteiger partial charge is 0.425 e. The third-order valence-electron chi connectivity index (χ3n) is 4.20. The lowest BCUT2D eigenvalue weighted by Crippen LogP contribution is -2.41. The molecule has 0 unspecified atom stereocenters. The summed E-state index contributed by atoms with van der Waals surface area (Å²) < 4.78 is 5.63. The SMILES string of the molecule is Cc1ncc(CN2CCC[C@H](c3nnc(C)o3)[C@@H]2C)cn1. The lowest BCUT2D eigenvalue weighted by atomic mass is 9.90. The van der Waals surface area contributed by atoms with Crippen molar-refractivity contribution in [2.75, 3.05) is 6.54 Å². The molecule has 1 fully saturated rings. The second kappa shape index (κ2) is 5.89. The van der Waals surface area contributed by atoms with E-state index in [1.54, 1.807) is 0 Å². The Morgan fingerprint density at radius 3 is 2.67 bits per heavy atom. The maximum Gasteiger partial charge on any atom is 0.221 e. The highest BCUT2D eigenvalue weighted by Crippen LogP contribution is 2.32. The summed E-state index contributed by atoms with van der Waals surface area (Å²) >= 11 is 0. The van der Waals surface area contributed by atoms with Crippen molar-refractivity contribution in [1.82, 2.24) is 25.1 Å².